The van der Waals surface area contributed by atoms with Crippen molar-refractivity contribution in [2.24, 2.45) is 11.7 Å². The highest BCUT2D eigenvalue weighted by molar-refractivity contribution is 9.10. The number of piperidine rings is 1. The molecule has 1 unspecified atom stereocenters. The quantitative estimate of drug-likeness (QED) is 0.651. The van der Waals surface area contributed by atoms with Crippen LogP contribution in [-0.2, 0) is 0 Å². The summed E-state index contributed by atoms with van der Waals surface area (Å²) < 4.78 is 0.903. The summed E-state index contributed by atoms with van der Waals surface area (Å²) in [7, 11) is 0. The minimum Gasteiger partial charge on any atom is -0.384 e. The monoisotopic (exact) mass is 295 g/mol. The Morgan fingerprint density at radius 2 is 2.29 bits per heavy atom. The largest absolute Gasteiger partial charge is 0.384 e. The molecule has 1 aromatic carbocycles. The van der Waals surface area contributed by atoms with Crippen LogP contribution in [0.5, 0.6) is 0 Å². The van der Waals surface area contributed by atoms with Gasteiger partial charge in [0, 0.05) is 23.2 Å². The predicted molar refractivity (Wildman–Crippen MR) is 75.8 cm³/mol. The van der Waals surface area contributed by atoms with E-state index in [0.717, 1.165) is 28.8 Å². The number of anilines is 1. The summed E-state index contributed by atoms with van der Waals surface area (Å²) in [5, 5.41) is 7.71. The van der Waals surface area contributed by atoms with Gasteiger partial charge in [0.05, 0.1) is 5.56 Å². The number of nitrogens with two attached hydrogens (primary N) is 1. The molecule has 0 amide bonds. The summed E-state index contributed by atoms with van der Waals surface area (Å²) in [5.41, 5.74) is 7.59. The fraction of sp³-hybridized carbons (Fsp3) is 0.462. The Kier molecular flexibility index (Phi) is 3.72. The Morgan fingerprint density at radius 1 is 1.53 bits per heavy atom. The van der Waals surface area contributed by atoms with Gasteiger partial charge in [-0.15, -0.1) is 0 Å². The number of benzene rings is 1. The van der Waals surface area contributed by atoms with E-state index < -0.39 is 0 Å². The average Bonchev–Trinajstić information content (AvgIpc) is 2.28. The van der Waals surface area contributed by atoms with Crippen molar-refractivity contribution < 1.29 is 0 Å². The van der Waals surface area contributed by atoms with Crippen molar-refractivity contribution in [3.63, 3.8) is 0 Å². The first kappa shape index (κ1) is 12.4. The first-order chi connectivity index (χ1) is 8.09. The first-order valence-corrected chi connectivity index (χ1v) is 6.76. The van der Waals surface area contributed by atoms with Crippen LogP contribution < -0.4 is 10.6 Å². The zero-order chi connectivity index (χ0) is 12.4. The molecule has 0 spiro atoms. The van der Waals surface area contributed by atoms with Crippen molar-refractivity contribution in [2.45, 2.75) is 19.8 Å². The van der Waals surface area contributed by atoms with Gasteiger partial charge in [-0.1, -0.05) is 13.0 Å². The minimum absolute atomic E-state index is 0.130. The number of halogens is 1. The molecule has 1 fully saturated rings. The van der Waals surface area contributed by atoms with Crippen molar-refractivity contribution in [3.05, 3.63) is 28.2 Å². The Hall–Kier alpha value is -1.03. The lowest BCUT2D eigenvalue weighted by Crippen LogP contribution is -2.35. The third-order valence-electron chi connectivity index (χ3n) is 3.26. The van der Waals surface area contributed by atoms with Gasteiger partial charge in [-0.3, -0.25) is 5.41 Å². The maximum absolute atomic E-state index is 7.71. The molecule has 17 heavy (non-hydrogen) atoms. The third kappa shape index (κ3) is 2.63. The number of rotatable bonds is 2. The molecule has 0 aliphatic carbocycles. The Morgan fingerprint density at radius 3 is 2.94 bits per heavy atom. The van der Waals surface area contributed by atoms with Crippen molar-refractivity contribution in [1.82, 2.24) is 0 Å². The molecule has 92 valence electrons. The molecule has 1 aromatic rings. The first-order valence-electron chi connectivity index (χ1n) is 5.97. The number of nitrogens with one attached hydrogen (secondary N) is 1. The van der Waals surface area contributed by atoms with Gasteiger partial charge in [-0.2, -0.15) is 0 Å². The summed E-state index contributed by atoms with van der Waals surface area (Å²) in [6, 6.07) is 6.00. The van der Waals surface area contributed by atoms with Crippen LogP contribution in [0.1, 0.15) is 25.3 Å². The molecule has 0 saturated carbocycles. The number of nitrogen functional groups attached to an aromatic ring is 1. The number of nitrogens with zero attached hydrogens (tertiary/aromatic N) is 1. The second kappa shape index (κ2) is 5.08. The predicted octanol–water partition coefficient (Wildman–Crippen LogP) is 2.97. The SMILES string of the molecule is CC1CCCN(c2cccc(Br)c2C(=N)N)C1. The number of hydrogen-bond acceptors (Lipinski definition) is 2. The smallest absolute Gasteiger partial charge is 0.126 e. The van der Waals surface area contributed by atoms with Crippen LogP contribution in [0.4, 0.5) is 5.69 Å². The molecule has 0 aromatic heterocycles. The van der Waals surface area contributed by atoms with Crippen molar-refractivity contribution in [3.8, 4) is 0 Å². The van der Waals surface area contributed by atoms with E-state index in [1.54, 1.807) is 0 Å². The molecule has 1 atom stereocenters. The molecule has 4 heteroatoms. The summed E-state index contributed by atoms with van der Waals surface area (Å²) in [5.74, 6) is 0.841. The Labute approximate surface area is 111 Å². The highest BCUT2D eigenvalue weighted by atomic mass is 79.9. The lowest BCUT2D eigenvalue weighted by Gasteiger charge is -2.34. The van der Waals surface area contributed by atoms with Gasteiger partial charge in [0.2, 0.25) is 0 Å². The van der Waals surface area contributed by atoms with Crippen LogP contribution in [0.15, 0.2) is 22.7 Å². The summed E-state index contributed by atoms with van der Waals surface area (Å²) >= 11 is 3.48. The summed E-state index contributed by atoms with van der Waals surface area (Å²) in [4.78, 5) is 2.34. The maximum Gasteiger partial charge on any atom is 0.126 e. The van der Waals surface area contributed by atoms with E-state index in [1.165, 1.54) is 12.8 Å². The van der Waals surface area contributed by atoms with Crippen LogP contribution in [0.3, 0.4) is 0 Å². The standard InChI is InChI=1S/C13H18BrN3/c1-9-4-3-7-17(8-9)11-6-2-5-10(14)12(11)13(15)16/h2,5-6,9H,3-4,7-8H2,1H3,(H3,15,16). The second-order valence-corrected chi connectivity index (χ2v) is 5.60. The number of hydrogen-bond donors (Lipinski definition) is 2. The van der Waals surface area contributed by atoms with E-state index >= 15 is 0 Å². The zero-order valence-electron chi connectivity index (χ0n) is 10.0. The van der Waals surface area contributed by atoms with E-state index in [-0.39, 0.29) is 5.84 Å². The molecule has 3 N–H and O–H groups in total. The fourth-order valence-electron chi connectivity index (χ4n) is 2.45. The number of amidine groups is 1. The lowest BCUT2D eigenvalue weighted by molar-refractivity contribution is 0.446. The van der Waals surface area contributed by atoms with Crippen LogP contribution in [0, 0.1) is 11.3 Å². The minimum atomic E-state index is 0.130. The van der Waals surface area contributed by atoms with Crippen molar-refractivity contribution in [2.75, 3.05) is 18.0 Å². The molecule has 1 heterocycles. The normalized spacial score (nSPS) is 20.4. The van der Waals surface area contributed by atoms with Gasteiger partial charge in [-0.25, -0.2) is 0 Å². The van der Waals surface area contributed by atoms with Crippen LogP contribution in [0.2, 0.25) is 0 Å². The Balaban J connectivity index is 2.37. The van der Waals surface area contributed by atoms with Crippen LogP contribution >= 0.6 is 15.9 Å². The van der Waals surface area contributed by atoms with Crippen molar-refractivity contribution in [1.29, 1.82) is 5.41 Å². The maximum atomic E-state index is 7.71. The van der Waals surface area contributed by atoms with E-state index in [1.807, 2.05) is 12.1 Å². The lowest BCUT2D eigenvalue weighted by atomic mass is 9.98. The summed E-state index contributed by atoms with van der Waals surface area (Å²) in [6.45, 7) is 4.38. The van der Waals surface area contributed by atoms with E-state index in [4.69, 9.17) is 11.1 Å². The van der Waals surface area contributed by atoms with Crippen LogP contribution in [0.25, 0.3) is 0 Å². The summed E-state index contributed by atoms with van der Waals surface area (Å²) in [6.07, 6.45) is 2.50. The molecular formula is C13H18BrN3. The van der Waals surface area contributed by atoms with E-state index in [0.29, 0.717) is 5.92 Å². The molecule has 1 aliphatic heterocycles. The zero-order valence-corrected chi connectivity index (χ0v) is 11.6. The van der Waals surface area contributed by atoms with Crippen LogP contribution in [-0.4, -0.2) is 18.9 Å². The van der Waals surface area contributed by atoms with E-state index in [2.05, 4.69) is 33.8 Å². The molecule has 1 saturated heterocycles. The van der Waals surface area contributed by atoms with Gasteiger partial charge in [0.1, 0.15) is 5.84 Å². The van der Waals surface area contributed by atoms with Gasteiger partial charge in [-0.05, 0) is 46.8 Å². The highest BCUT2D eigenvalue weighted by Crippen LogP contribution is 2.30. The van der Waals surface area contributed by atoms with Gasteiger partial charge in [0.25, 0.3) is 0 Å². The second-order valence-electron chi connectivity index (χ2n) is 4.74. The van der Waals surface area contributed by atoms with Crippen molar-refractivity contribution >= 4 is 27.5 Å². The fourth-order valence-corrected chi connectivity index (χ4v) is 3.02. The molecule has 2 rings (SSSR count). The Bertz CT molecular complexity index is 431. The third-order valence-corrected chi connectivity index (χ3v) is 3.92. The average molecular weight is 296 g/mol. The topological polar surface area (TPSA) is 53.1 Å². The molecular weight excluding hydrogens is 278 g/mol. The van der Waals surface area contributed by atoms with Gasteiger partial charge < -0.3 is 10.6 Å². The van der Waals surface area contributed by atoms with Gasteiger partial charge in [0.15, 0.2) is 0 Å². The van der Waals surface area contributed by atoms with Gasteiger partial charge >= 0.3 is 0 Å². The molecule has 0 bridgehead atoms. The molecule has 1 aliphatic rings. The molecule has 0 radical (unpaired) electrons. The molecule has 3 nitrogen and oxygen atoms in total. The highest BCUT2D eigenvalue weighted by Gasteiger charge is 2.20. The van der Waals surface area contributed by atoms with E-state index in [9.17, 15) is 0 Å².